The number of fused-ring (bicyclic) bond motifs is 1. The topological polar surface area (TPSA) is 58.4 Å². The molecule has 0 aromatic heterocycles. The van der Waals surface area contributed by atoms with Crippen molar-refractivity contribution in [3.63, 3.8) is 0 Å². The maximum atomic E-state index is 13.4. The van der Waals surface area contributed by atoms with E-state index in [1.165, 1.54) is 17.7 Å². The zero-order valence-electron chi connectivity index (χ0n) is 14.9. The average Bonchev–Trinajstić information content (AvgIpc) is 2.60. The number of benzene rings is 2. The van der Waals surface area contributed by atoms with Gasteiger partial charge in [0.15, 0.2) is 0 Å². The molecule has 5 heteroatoms. The van der Waals surface area contributed by atoms with Gasteiger partial charge in [-0.2, -0.15) is 0 Å². The zero-order chi connectivity index (χ0) is 18.3. The quantitative estimate of drug-likeness (QED) is 0.870. The van der Waals surface area contributed by atoms with Crippen LogP contribution in [0.2, 0.25) is 0 Å². The third kappa shape index (κ3) is 3.19. The van der Waals surface area contributed by atoms with Gasteiger partial charge in [0.25, 0.3) is 0 Å². The molecule has 3 N–H and O–H groups in total. The van der Waals surface area contributed by atoms with Crippen LogP contribution in [0, 0.1) is 5.82 Å². The number of amides is 2. The summed E-state index contributed by atoms with van der Waals surface area (Å²) in [5.41, 5.74) is 9.15. The van der Waals surface area contributed by atoms with Gasteiger partial charge >= 0.3 is 6.03 Å². The molecule has 0 unspecified atom stereocenters. The highest BCUT2D eigenvalue weighted by molar-refractivity contribution is 5.76. The van der Waals surface area contributed by atoms with Gasteiger partial charge < -0.3 is 16.0 Å². The van der Waals surface area contributed by atoms with Gasteiger partial charge in [-0.3, -0.25) is 0 Å². The molecule has 4 rings (SSSR count). The molecule has 2 aliphatic rings. The number of halogens is 1. The van der Waals surface area contributed by atoms with Crippen LogP contribution in [0.3, 0.4) is 0 Å². The smallest absolute Gasteiger partial charge is 0.318 e. The Bertz CT molecular complexity index is 810. The highest BCUT2D eigenvalue weighted by atomic mass is 19.1. The van der Waals surface area contributed by atoms with E-state index in [2.05, 4.69) is 17.4 Å². The molecule has 1 heterocycles. The maximum Gasteiger partial charge on any atom is 0.318 e. The number of urea groups is 1. The highest BCUT2D eigenvalue weighted by Gasteiger charge is 2.39. The molecule has 1 atom stereocenters. The molecule has 2 aromatic rings. The number of carbonyl (C=O) groups excluding carboxylic acids is 1. The summed E-state index contributed by atoms with van der Waals surface area (Å²) < 4.78 is 13.4. The van der Waals surface area contributed by atoms with E-state index in [4.69, 9.17) is 5.73 Å². The van der Waals surface area contributed by atoms with Crippen molar-refractivity contribution in [3.05, 3.63) is 71.0 Å². The Morgan fingerprint density at radius 1 is 1.19 bits per heavy atom. The minimum absolute atomic E-state index is 0.0747. The van der Waals surface area contributed by atoms with E-state index >= 15 is 0 Å². The average molecular weight is 353 g/mol. The van der Waals surface area contributed by atoms with Crippen LogP contribution in [0.1, 0.15) is 42.5 Å². The molecule has 0 radical (unpaired) electrons. The number of nitrogens with zero attached hydrogens (tertiary/aromatic N) is 1. The molecule has 2 amide bonds. The number of hydrogen-bond donors (Lipinski definition) is 2. The third-order valence-corrected chi connectivity index (χ3v) is 5.48. The van der Waals surface area contributed by atoms with Gasteiger partial charge in [0, 0.05) is 18.1 Å². The molecule has 0 bridgehead atoms. The monoisotopic (exact) mass is 353 g/mol. The third-order valence-electron chi connectivity index (χ3n) is 5.48. The molecule has 1 fully saturated rings. The first-order valence-corrected chi connectivity index (χ1v) is 9.12. The van der Waals surface area contributed by atoms with Crippen molar-refractivity contribution in [3.8, 4) is 0 Å². The van der Waals surface area contributed by atoms with E-state index in [1.807, 2.05) is 24.0 Å². The normalized spacial score (nSPS) is 27.4. The molecular weight excluding hydrogens is 329 g/mol. The second-order valence-corrected chi connectivity index (χ2v) is 7.80. The van der Waals surface area contributed by atoms with E-state index in [1.54, 1.807) is 12.1 Å². The van der Waals surface area contributed by atoms with Crippen LogP contribution in [-0.2, 0) is 6.42 Å². The molecule has 1 aliphatic heterocycles. The summed E-state index contributed by atoms with van der Waals surface area (Å²) in [4.78, 5) is 14.8. The van der Waals surface area contributed by atoms with Crippen molar-refractivity contribution >= 4 is 6.03 Å². The molecular formula is C21H24FN3O. The van der Waals surface area contributed by atoms with Crippen LogP contribution >= 0.6 is 0 Å². The van der Waals surface area contributed by atoms with Gasteiger partial charge in [0.1, 0.15) is 5.82 Å². The number of rotatable bonds is 2. The predicted molar refractivity (Wildman–Crippen MR) is 99.2 cm³/mol. The Labute approximate surface area is 153 Å². The van der Waals surface area contributed by atoms with E-state index in [-0.39, 0.29) is 29.5 Å². The van der Waals surface area contributed by atoms with Gasteiger partial charge in [-0.1, -0.05) is 36.4 Å². The van der Waals surface area contributed by atoms with E-state index in [0.717, 1.165) is 30.4 Å². The van der Waals surface area contributed by atoms with Crippen molar-refractivity contribution in [1.29, 1.82) is 0 Å². The lowest BCUT2D eigenvalue weighted by atomic mass is 9.75. The first kappa shape index (κ1) is 17.0. The van der Waals surface area contributed by atoms with Gasteiger partial charge in [0.2, 0.25) is 0 Å². The minimum atomic E-state index is -0.273. The summed E-state index contributed by atoms with van der Waals surface area (Å²) >= 11 is 0. The number of hydrogen-bond acceptors (Lipinski definition) is 2. The minimum Gasteiger partial charge on any atom is -0.335 e. The second-order valence-electron chi connectivity index (χ2n) is 7.80. The molecule has 0 saturated heterocycles. The summed E-state index contributed by atoms with van der Waals surface area (Å²) in [5, 5.41) is 3.12. The fourth-order valence-electron chi connectivity index (χ4n) is 4.22. The fraction of sp³-hybridized carbons (Fsp3) is 0.381. The van der Waals surface area contributed by atoms with Crippen LogP contribution in [0.4, 0.5) is 9.18 Å². The maximum absolute atomic E-state index is 13.4. The van der Waals surface area contributed by atoms with Gasteiger partial charge in [-0.05, 0) is 55.0 Å². The largest absolute Gasteiger partial charge is 0.335 e. The van der Waals surface area contributed by atoms with Crippen molar-refractivity contribution in [2.75, 3.05) is 6.54 Å². The molecule has 1 aliphatic carbocycles. The second kappa shape index (κ2) is 6.40. The van der Waals surface area contributed by atoms with E-state index in [9.17, 15) is 9.18 Å². The molecule has 1 saturated carbocycles. The lowest BCUT2D eigenvalue weighted by molar-refractivity contribution is 0.151. The SMILES string of the molecule is C[C@]1(N)C[C@@H](NC(=O)N2CCc3ccccc3[C@@H]2c2ccc(F)cc2)C1. The molecule has 2 aromatic carbocycles. The fourth-order valence-corrected chi connectivity index (χ4v) is 4.22. The Morgan fingerprint density at radius 2 is 1.88 bits per heavy atom. The zero-order valence-corrected chi connectivity index (χ0v) is 14.9. The first-order chi connectivity index (χ1) is 12.4. The number of nitrogens with one attached hydrogen (secondary N) is 1. The summed E-state index contributed by atoms with van der Waals surface area (Å²) in [6.45, 7) is 2.64. The summed E-state index contributed by atoms with van der Waals surface area (Å²) in [7, 11) is 0. The van der Waals surface area contributed by atoms with Crippen LogP contribution in [0.25, 0.3) is 0 Å². The number of nitrogens with two attached hydrogens (primary N) is 1. The molecule has 136 valence electrons. The van der Waals surface area contributed by atoms with Crippen LogP contribution in [0.5, 0.6) is 0 Å². The number of carbonyl (C=O) groups is 1. The van der Waals surface area contributed by atoms with Gasteiger partial charge in [0.05, 0.1) is 6.04 Å². The van der Waals surface area contributed by atoms with Crippen LogP contribution in [-0.4, -0.2) is 29.1 Å². The Hall–Kier alpha value is -2.40. The lowest BCUT2D eigenvalue weighted by Gasteiger charge is -2.44. The van der Waals surface area contributed by atoms with E-state index in [0.29, 0.717) is 6.54 Å². The standard InChI is InChI=1S/C21H24FN3O/c1-21(23)12-17(13-21)24-20(26)25-11-10-14-4-2-3-5-18(14)19(25)15-6-8-16(22)9-7-15/h2-9,17,19H,10-13,23H2,1H3,(H,24,26)/t17-,19-,21+/m0/s1. The molecule has 0 spiro atoms. The van der Waals surface area contributed by atoms with Crippen molar-refractivity contribution in [1.82, 2.24) is 10.2 Å². The molecule has 4 nitrogen and oxygen atoms in total. The van der Waals surface area contributed by atoms with Crippen molar-refractivity contribution < 1.29 is 9.18 Å². The Kier molecular flexibility index (Phi) is 4.19. The Morgan fingerprint density at radius 3 is 2.58 bits per heavy atom. The van der Waals surface area contributed by atoms with Crippen molar-refractivity contribution in [2.24, 2.45) is 5.73 Å². The van der Waals surface area contributed by atoms with Gasteiger partial charge in [-0.15, -0.1) is 0 Å². The van der Waals surface area contributed by atoms with Crippen LogP contribution in [0.15, 0.2) is 48.5 Å². The lowest BCUT2D eigenvalue weighted by Crippen LogP contribution is -2.60. The first-order valence-electron chi connectivity index (χ1n) is 9.12. The van der Waals surface area contributed by atoms with Crippen molar-refractivity contribution in [2.45, 2.75) is 43.8 Å². The summed E-state index contributed by atoms with van der Waals surface area (Å²) in [6.07, 6.45) is 2.41. The summed E-state index contributed by atoms with van der Waals surface area (Å²) in [6, 6.07) is 14.5. The van der Waals surface area contributed by atoms with Gasteiger partial charge in [-0.25, -0.2) is 9.18 Å². The summed E-state index contributed by atoms with van der Waals surface area (Å²) in [5.74, 6) is -0.273. The Balaban J connectivity index is 1.62. The predicted octanol–water partition coefficient (Wildman–Crippen LogP) is 3.36. The van der Waals surface area contributed by atoms with Crippen LogP contribution < -0.4 is 11.1 Å². The van der Waals surface area contributed by atoms with E-state index < -0.39 is 0 Å². The molecule has 26 heavy (non-hydrogen) atoms. The highest BCUT2D eigenvalue weighted by Crippen LogP contribution is 2.36.